The van der Waals surface area contributed by atoms with E-state index < -0.39 is 5.82 Å². The van der Waals surface area contributed by atoms with Gasteiger partial charge in [-0.15, -0.1) is 0 Å². The third kappa shape index (κ3) is 3.92. The Morgan fingerprint density at radius 3 is 2.72 bits per heavy atom. The highest BCUT2D eigenvalue weighted by molar-refractivity contribution is 6.31. The highest BCUT2D eigenvalue weighted by atomic mass is 35.5. The molecule has 1 atom stereocenters. The molecule has 0 heterocycles. The largest absolute Gasteiger partial charge is 0.379 e. The van der Waals surface area contributed by atoms with Gasteiger partial charge in [-0.3, -0.25) is 11.3 Å². The summed E-state index contributed by atoms with van der Waals surface area (Å²) in [6.45, 7) is 3.99. The van der Waals surface area contributed by atoms with Gasteiger partial charge in [0.05, 0.1) is 10.6 Å². The minimum Gasteiger partial charge on any atom is -0.379 e. The van der Waals surface area contributed by atoms with E-state index in [1.807, 2.05) is 13.8 Å². The lowest BCUT2D eigenvalue weighted by Gasteiger charge is -2.26. The molecule has 5 heteroatoms. The second-order valence-corrected chi connectivity index (χ2v) is 5.24. The second-order valence-electron chi connectivity index (χ2n) is 4.86. The van der Waals surface area contributed by atoms with Crippen LogP contribution in [0.3, 0.4) is 0 Å². The van der Waals surface area contributed by atoms with Crippen molar-refractivity contribution in [3.63, 3.8) is 0 Å². The van der Waals surface area contributed by atoms with E-state index in [0.717, 1.165) is 6.42 Å². The van der Waals surface area contributed by atoms with Gasteiger partial charge in [0, 0.05) is 13.2 Å². The summed E-state index contributed by atoms with van der Waals surface area (Å²) in [5, 5.41) is 0.121. The van der Waals surface area contributed by atoms with Gasteiger partial charge in [-0.25, -0.2) is 4.39 Å². The lowest BCUT2D eigenvalue weighted by molar-refractivity contribution is 0.0117. The molecule has 0 spiro atoms. The number of halogens is 2. The fraction of sp³-hybridized carbons (Fsp3) is 0.538. The lowest BCUT2D eigenvalue weighted by Crippen LogP contribution is -2.31. The topological polar surface area (TPSA) is 47.3 Å². The average Bonchev–Trinajstić information content (AvgIpc) is 2.35. The molecule has 0 fully saturated rings. The summed E-state index contributed by atoms with van der Waals surface area (Å²) in [5.41, 5.74) is 3.11. The molecule has 1 aromatic carbocycles. The summed E-state index contributed by atoms with van der Waals surface area (Å²) < 4.78 is 18.7. The fourth-order valence-corrected chi connectivity index (χ4v) is 1.97. The molecule has 0 amide bonds. The minimum absolute atomic E-state index is 0.121. The molecule has 0 aliphatic heterocycles. The van der Waals surface area contributed by atoms with Gasteiger partial charge in [-0.05, 0) is 38.3 Å². The SMILES string of the molecule is COC(C)(C)CCC(NN)c1cccc(F)c1Cl. The lowest BCUT2D eigenvalue weighted by atomic mass is 9.95. The van der Waals surface area contributed by atoms with Gasteiger partial charge in [-0.1, -0.05) is 23.7 Å². The number of rotatable bonds is 6. The zero-order valence-electron chi connectivity index (χ0n) is 11.0. The van der Waals surface area contributed by atoms with Gasteiger partial charge < -0.3 is 4.74 Å². The molecule has 18 heavy (non-hydrogen) atoms. The summed E-state index contributed by atoms with van der Waals surface area (Å²) in [6, 6.07) is 4.54. The normalized spacial score (nSPS) is 13.7. The molecule has 3 nitrogen and oxygen atoms in total. The van der Waals surface area contributed by atoms with Crippen molar-refractivity contribution in [2.75, 3.05) is 7.11 Å². The number of ether oxygens (including phenoxy) is 1. The molecule has 102 valence electrons. The van der Waals surface area contributed by atoms with Crippen LogP contribution in [0.5, 0.6) is 0 Å². The zero-order valence-corrected chi connectivity index (χ0v) is 11.7. The number of hydrogen-bond acceptors (Lipinski definition) is 3. The van der Waals surface area contributed by atoms with Crippen LogP contribution in [0, 0.1) is 5.82 Å². The predicted octanol–water partition coefficient (Wildman–Crippen LogP) is 3.19. The van der Waals surface area contributed by atoms with E-state index in [4.69, 9.17) is 22.2 Å². The molecule has 0 bridgehead atoms. The zero-order chi connectivity index (χ0) is 13.8. The molecule has 1 aromatic rings. The molecule has 0 saturated heterocycles. The van der Waals surface area contributed by atoms with Crippen LogP contribution < -0.4 is 11.3 Å². The molecule has 0 aliphatic carbocycles. The first-order valence-corrected chi connectivity index (χ1v) is 6.24. The van der Waals surface area contributed by atoms with E-state index in [-0.39, 0.29) is 16.7 Å². The summed E-state index contributed by atoms with van der Waals surface area (Å²) >= 11 is 5.95. The maximum Gasteiger partial charge on any atom is 0.142 e. The first-order valence-electron chi connectivity index (χ1n) is 5.86. The standard InChI is InChI=1S/C13H20ClFN2O/c1-13(2,18-3)8-7-11(17-16)9-5-4-6-10(15)12(9)14/h4-6,11,17H,7-8,16H2,1-3H3. The van der Waals surface area contributed by atoms with E-state index in [1.54, 1.807) is 19.2 Å². The fourth-order valence-electron chi connectivity index (χ4n) is 1.71. The van der Waals surface area contributed by atoms with Gasteiger partial charge in [0.15, 0.2) is 0 Å². The van der Waals surface area contributed by atoms with Gasteiger partial charge in [0.2, 0.25) is 0 Å². The second kappa shape index (κ2) is 6.48. The maximum atomic E-state index is 13.4. The van der Waals surface area contributed by atoms with Crippen molar-refractivity contribution >= 4 is 11.6 Å². The number of nitrogens with two attached hydrogens (primary N) is 1. The summed E-state index contributed by atoms with van der Waals surface area (Å²) in [6.07, 6.45) is 1.49. The van der Waals surface area contributed by atoms with Crippen molar-refractivity contribution in [2.45, 2.75) is 38.3 Å². The molecule has 3 N–H and O–H groups in total. The molecular formula is C13H20ClFN2O. The first kappa shape index (κ1) is 15.4. The molecule has 1 rings (SSSR count). The van der Waals surface area contributed by atoms with Crippen molar-refractivity contribution in [1.29, 1.82) is 0 Å². The van der Waals surface area contributed by atoms with Crippen LogP contribution in [0.4, 0.5) is 4.39 Å². The molecule has 0 aromatic heterocycles. The van der Waals surface area contributed by atoms with Crippen molar-refractivity contribution in [3.05, 3.63) is 34.6 Å². The monoisotopic (exact) mass is 274 g/mol. The van der Waals surface area contributed by atoms with Gasteiger partial charge in [0.1, 0.15) is 5.82 Å². The third-order valence-corrected chi connectivity index (χ3v) is 3.54. The van der Waals surface area contributed by atoms with E-state index in [1.165, 1.54) is 6.07 Å². The average molecular weight is 275 g/mol. The Morgan fingerprint density at radius 2 is 2.17 bits per heavy atom. The van der Waals surface area contributed by atoms with E-state index in [2.05, 4.69) is 5.43 Å². The van der Waals surface area contributed by atoms with Crippen molar-refractivity contribution in [1.82, 2.24) is 5.43 Å². The highest BCUT2D eigenvalue weighted by Crippen LogP contribution is 2.30. The Morgan fingerprint density at radius 1 is 1.50 bits per heavy atom. The Kier molecular flexibility index (Phi) is 5.53. The van der Waals surface area contributed by atoms with Gasteiger partial charge >= 0.3 is 0 Å². The summed E-state index contributed by atoms with van der Waals surface area (Å²) in [4.78, 5) is 0. The quantitative estimate of drug-likeness (QED) is 0.619. The first-order chi connectivity index (χ1) is 8.41. The third-order valence-electron chi connectivity index (χ3n) is 3.15. The maximum absolute atomic E-state index is 13.4. The Hall–Kier alpha value is -0.680. The van der Waals surface area contributed by atoms with Crippen LogP contribution in [0.15, 0.2) is 18.2 Å². The minimum atomic E-state index is -0.430. The molecule has 0 saturated carbocycles. The number of hydrogen-bond donors (Lipinski definition) is 2. The van der Waals surface area contributed by atoms with E-state index in [9.17, 15) is 4.39 Å². The number of benzene rings is 1. The van der Waals surface area contributed by atoms with Gasteiger partial charge in [0.25, 0.3) is 0 Å². The van der Waals surface area contributed by atoms with Crippen LogP contribution in [0.2, 0.25) is 5.02 Å². The Balaban J connectivity index is 2.81. The number of hydrazine groups is 1. The van der Waals surface area contributed by atoms with Gasteiger partial charge in [-0.2, -0.15) is 0 Å². The smallest absolute Gasteiger partial charge is 0.142 e. The molecule has 0 aliphatic rings. The van der Waals surface area contributed by atoms with Crippen LogP contribution in [-0.2, 0) is 4.74 Å². The summed E-state index contributed by atoms with van der Waals surface area (Å²) in [7, 11) is 1.67. The Labute approximate surface area is 112 Å². The molecule has 0 radical (unpaired) electrons. The predicted molar refractivity (Wildman–Crippen MR) is 71.8 cm³/mol. The van der Waals surface area contributed by atoms with Crippen LogP contribution in [0.25, 0.3) is 0 Å². The van der Waals surface area contributed by atoms with Crippen LogP contribution >= 0.6 is 11.6 Å². The van der Waals surface area contributed by atoms with Crippen molar-refractivity contribution in [3.8, 4) is 0 Å². The van der Waals surface area contributed by atoms with Crippen LogP contribution in [0.1, 0.15) is 38.3 Å². The summed E-state index contributed by atoms with van der Waals surface area (Å²) in [5.74, 6) is 5.09. The number of nitrogens with one attached hydrogen (secondary N) is 1. The van der Waals surface area contributed by atoms with E-state index >= 15 is 0 Å². The Bertz CT molecular complexity index is 399. The molecular weight excluding hydrogens is 255 g/mol. The van der Waals surface area contributed by atoms with Crippen molar-refractivity contribution < 1.29 is 9.13 Å². The molecule has 1 unspecified atom stereocenters. The van der Waals surface area contributed by atoms with E-state index in [0.29, 0.717) is 12.0 Å². The van der Waals surface area contributed by atoms with Crippen LogP contribution in [-0.4, -0.2) is 12.7 Å². The highest BCUT2D eigenvalue weighted by Gasteiger charge is 2.21. The number of methoxy groups -OCH3 is 1. The van der Waals surface area contributed by atoms with Crippen molar-refractivity contribution in [2.24, 2.45) is 5.84 Å².